The second-order valence-corrected chi connectivity index (χ2v) is 7.16. The SMILES string of the molecule is OC(Cc1cc(Br)cc2c1OCC2)CC1CCCCC1. The third kappa shape index (κ3) is 3.37. The molecule has 1 fully saturated rings. The highest BCUT2D eigenvalue weighted by atomic mass is 79.9. The van der Waals surface area contributed by atoms with Crippen molar-refractivity contribution in [2.75, 3.05) is 6.61 Å². The van der Waals surface area contributed by atoms with Crippen molar-refractivity contribution >= 4 is 15.9 Å². The Morgan fingerprint density at radius 3 is 2.85 bits per heavy atom. The molecule has 0 saturated heterocycles. The average molecular weight is 339 g/mol. The summed E-state index contributed by atoms with van der Waals surface area (Å²) < 4.78 is 6.84. The fourth-order valence-corrected chi connectivity index (χ4v) is 4.20. The van der Waals surface area contributed by atoms with Gasteiger partial charge in [0.1, 0.15) is 5.75 Å². The average Bonchev–Trinajstić information content (AvgIpc) is 2.88. The van der Waals surface area contributed by atoms with Gasteiger partial charge in [-0.1, -0.05) is 48.0 Å². The van der Waals surface area contributed by atoms with Gasteiger partial charge in [-0.2, -0.15) is 0 Å². The van der Waals surface area contributed by atoms with Crippen LogP contribution in [0.4, 0.5) is 0 Å². The van der Waals surface area contributed by atoms with E-state index in [1.165, 1.54) is 37.7 Å². The molecule has 3 rings (SSSR count). The number of hydrogen-bond acceptors (Lipinski definition) is 2. The molecule has 1 heterocycles. The van der Waals surface area contributed by atoms with Gasteiger partial charge in [0, 0.05) is 17.3 Å². The van der Waals surface area contributed by atoms with E-state index in [0.29, 0.717) is 0 Å². The van der Waals surface area contributed by atoms with Gasteiger partial charge in [0.2, 0.25) is 0 Å². The minimum atomic E-state index is -0.235. The van der Waals surface area contributed by atoms with Crippen LogP contribution in [0.15, 0.2) is 16.6 Å². The van der Waals surface area contributed by atoms with Crippen LogP contribution in [-0.4, -0.2) is 17.8 Å². The molecule has 1 aromatic carbocycles. The number of hydrogen-bond donors (Lipinski definition) is 1. The van der Waals surface area contributed by atoms with Crippen molar-refractivity contribution in [3.8, 4) is 5.75 Å². The summed E-state index contributed by atoms with van der Waals surface area (Å²) >= 11 is 3.57. The van der Waals surface area contributed by atoms with Gasteiger partial charge in [0.25, 0.3) is 0 Å². The maximum absolute atomic E-state index is 10.4. The Kier molecular flexibility index (Phi) is 4.67. The Bertz CT molecular complexity index is 466. The molecule has 0 bridgehead atoms. The molecule has 1 saturated carbocycles. The van der Waals surface area contributed by atoms with Gasteiger partial charge in [-0.05, 0) is 35.6 Å². The standard InChI is InChI=1S/C17H23BrO2/c18-15-9-13-6-7-20-17(13)14(10-15)11-16(19)8-12-4-2-1-3-5-12/h9-10,12,16,19H,1-8,11H2. The number of halogens is 1. The highest BCUT2D eigenvalue weighted by Crippen LogP contribution is 2.35. The van der Waals surface area contributed by atoms with Crippen molar-refractivity contribution in [3.63, 3.8) is 0 Å². The number of aliphatic hydroxyl groups excluding tert-OH is 1. The molecule has 0 aromatic heterocycles. The van der Waals surface area contributed by atoms with E-state index >= 15 is 0 Å². The molecule has 20 heavy (non-hydrogen) atoms. The number of fused-ring (bicyclic) bond motifs is 1. The monoisotopic (exact) mass is 338 g/mol. The van der Waals surface area contributed by atoms with Crippen molar-refractivity contribution < 1.29 is 9.84 Å². The maximum atomic E-state index is 10.4. The van der Waals surface area contributed by atoms with E-state index in [-0.39, 0.29) is 6.10 Å². The molecule has 1 aliphatic heterocycles. The Labute approximate surface area is 129 Å². The molecule has 2 aliphatic rings. The van der Waals surface area contributed by atoms with Crippen molar-refractivity contribution in [1.82, 2.24) is 0 Å². The molecule has 0 radical (unpaired) electrons. The zero-order valence-electron chi connectivity index (χ0n) is 11.9. The zero-order chi connectivity index (χ0) is 13.9. The second kappa shape index (κ2) is 6.48. The van der Waals surface area contributed by atoms with Crippen LogP contribution in [-0.2, 0) is 12.8 Å². The van der Waals surface area contributed by atoms with Crippen LogP contribution in [0.5, 0.6) is 5.75 Å². The fraction of sp³-hybridized carbons (Fsp3) is 0.647. The summed E-state index contributed by atoms with van der Waals surface area (Å²) in [7, 11) is 0. The van der Waals surface area contributed by atoms with E-state index in [2.05, 4.69) is 28.1 Å². The van der Waals surface area contributed by atoms with Gasteiger partial charge in [0.05, 0.1) is 12.7 Å². The van der Waals surface area contributed by atoms with E-state index in [4.69, 9.17) is 4.74 Å². The summed E-state index contributed by atoms with van der Waals surface area (Å²) in [6.07, 6.45) is 9.06. The van der Waals surface area contributed by atoms with Crippen molar-refractivity contribution in [2.24, 2.45) is 5.92 Å². The minimum absolute atomic E-state index is 0.235. The summed E-state index contributed by atoms with van der Waals surface area (Å²) in [6.45, 7) is 0.775. The zero-order valence-corrected chi connectivity index (χ0v) is 13.5. The van der Waals surface area contributed by atoms with Gasteiger partial charge < -0.3 is 9.84 Å². The maximum Gasteiger partial charge on any atom is 0.125 e. The molecule has 1 aliphatic carbocycles. The smallest absolute Gasteiger partial charge is 0.125 e. The molecular weight excluding hydrogens is 316 g/mol. The molecule has 1 N–H and O–H groups in total. The lowest BCUT2D eigenvalue weighted by Crippen LogP contribution is -2.18. The van der Waals surface area contributed by atoms with E-state index in [1.807, 2.05) is 0 Å². The molecule has 2 nitrogen and oxygen atoms in total. The van der Waals surface area contributed by atoms with E-state index < -0.39 is 0 Å². The number of ether oxygens (including phenoxy) is 1. The number of benzene rings is 1. The summed E-state index contributed by atoms with van der Waals surface area (Å²) in [4.78, 5) is 0. The van der Waals surface area contributed by atoms with Crippen LogP contribution < -0.4 is 4.74 Å². The summed E-state index contributed by atoms with van der Waals surface area (Å²) in [6, 6.07) is 4.24. The largest absolute Gasteiger partial charge is 0.493 e. The predicted molar refractivity (Wildman–Crippen MR) is 84.2 cm³/mol. The van der Waals surface area contributed by atoms with Crippen LogP contribution in [0.2, 0.25) is 0 Å². The Balaban J connectivity index is 1.65. The number of rotatable bonds is 4. The quantitative estimate of drug-likeness (QED) is 0.888. The Morgan fingerprint density at radius 2 is 2.05 bits per heavy atom. The number of aliphatic hydroxyl groups is 1. The fourth-order valence-electron chi connectivity index (χ4n) is 3.64. The lowest BCUT2D eigenvalue weighted by molar-refractivity contribution is 0.129. The second-order valence-electron chi connectivity index (χ2n) is 6.25. The van der Waals surface area contributed by atoms with E-state index in [9.17, 15) is 5.11 Å². The molecule has 0 spiro atoms. The van der Waals surface area contributed by atoms with Crippen LogP contribution in [0, 0.1) is 5.92 Å². The predicted octanol–water partition coefficient (Wildman–Crippen LogP) is 4.26. The van der Waals surface area contributed by atoms with E-state index in [1.54, 1.807) is 0 Å². The Morgan fingerprint density at radius 1 is 1.25 bits per heavy atom. The lowest BCUT2D eigenvalue weighted by atomic mass is 9.84. The van der Waals surface area contributed by atoms with Crippen LogP contribution in [0.3, 0.4) is 0 Å². The van der Waals surface area contributed by atoms with Crippen LogP contribution in [0.25, 0.3) is 0 Å². The minimum Gasteiger partial charge on any atom is -0.493 e. The molecule has 0 amide bonds. The summed E-state index contributed by atoms with van der Waals surface area (Å²) in [5, 5.41) is 10.4. The first-order chi connectivity index (χ1) is 9.72. The summed E-state index contributed by atoms with van der Waals surface area (Å²) in [5.41, 5.74) is 2.44. The van der Waals surface area contributed by atoms with Crippen molar-refractivity contribution in [2.45, 2.75) is 57.5 Å². The van der Waals surface area contributed by atoms with Gasteiger partial charge >= 0.3 is 0 Å². The highest BCUT2D eigenvalue weighted by molar-refractivity contribution is 9.10. The first-order valence-corrected chi connectivity index (χ1v) is 8.64. The molecule has 1 atom stereocenters. The normalized spacial score (nSPS) is 20.5. The molecule has 1 unspecified atom stereocenters. The van der Waals surface area contributed by atoms with E-state index in [0.717, 1.165) is 47.6 Å². The van der Waals surface area contributed by atoms with Crippen LogP contribution in [0.1, 0.15) is 49.7 Å². The molecule has 3 heteroatoms. The first-order valence-electron chi connectivity index (χ1n) is 7.84. The third-order valence-corrected chi connectivity index (χ3v) is 5.07. The van der Waals surface area contributed by atoms with Crippen molar-refractivity contribution in [1.29, 1.82) is 0 Å². The first kappa shape index (κ1) is 14.4. The van der Waals surface area contributed by atoms with Gasteiger partial charge in [-0.3, -0.25) is 0 Å². The molecular formula is C17H23BrO2. The Hall–Kier alpha value is -0.540. The van der Waals surface area contributed by atoms with Gasteiger partial charge in [-0.15, -0.1) is 0 Å². The van der Waals surface area contributed by atoms with Crippen LogP contribution >= 0.6 is 15.9 Å². The molecule has 1 aromatic rings. The van der Waals surface area contributed by atoms with Gasteiger partial charge in [0.15, 0.2) is 0 Å². The van der Waals surface area contributed by atoms with Crippen molar-refractivity contribution in [3.05, 3.63) is 27.7 Å². The topological polar surface area (TPSA) is 29.5 Å². The molecule has 110 valence electrons. The summed E-state index contributed by atoms with van der Waals surface area (Å²) in [5.74, 6) is 1.75. The third-order valence-electron chi connectivity index (χ3n) is 4.61. The lowest BCUT2D eigenvalue weighted by Gasteiger charge is -2.24. The highest BCUT2D eigenvalue weighted by Gasteiger charge is 2.22. The van der Waals surface area contributed by atoms with Gasteiger partial charge in [-0.25, -0.2) is 0 Å².